The number of nitrogens with zero attached hydrogens (tertiary/aromatic N) is 2. The number of fused-ring (bicyclic) bond motifs is 1. The molecular formula is C23H26ClN3O2. The van der Waals surface area contributed by atoms with Gasteiger partial charge in [-0.2, -0.15) is 0 Å². The number of hydrogen-bond donors (Lipinski definition) is 1. The van der Waals surface area contributed by atoms with Crippen LogP contribution in [0.2, 0.25) is 5.02 Å². The summed E-state index contributed by atoms with van der Waals surface area (Å²) < 4.78 is 0. The lowest BCUT2D eigenvalue weighted by Gasteiger charge is -2.24. The predicted molar refractivity (Wildman–Crippen MR) is 114 cm³/mol. The Balaban J connectivity index is 1.53. The molecule has 1 aliphatic carbocycles. The van der Waals surface area contributed by atoms with E-state index in [0.717, 1.165) is 18.5 Å². The normalized spacial score (nSPS) is 19.5. The predicted octanol–water partition coefficient (Wildman–Crippen LogP) is 3.51. The summed E-state index contributed by atoms with van der Waals surface area (Å²) in [7, 11) is 4.21. The minimum atomic E-state index is -0.786. The van der Waals surface area contributed by atoms with Crippen molar-refractivity contribution in [2.45, 2.75) is 37.3 Å². The first-order valence-corrected chi connectivity index (χ1v) is 10.3. The molecule has 1 aliphatic heterocycles. The Hall–Kier alpha value is -2.37. The molecule has 2 aliphatic rings. The fourth-order valence-electron chi connectivity index (χ4n) is 4.30. The molecule has 2 aromatic carbocycles. The molecule has 0 aromatic heterocycles. The highest BCUT2D eigenvalue weighted by atomic mass is 35.5. The Kier molecular flexibility index (Phi) is 5.13. The van der Waals surface area contributed by atoms with Crippen LogP contribution in [-0.2, 0) is 16.8 Å². The second kappa shape index (κ2) is 7.47. The van der Waals surface area contributed by atoms with Crippen LogP contribution in [0.15, 0.2) is 42.5 Å². The summed E-state index contributed by atoms with van der Waals surface area (Å²) in [5.41, 5.74) is 9.36. The SMILES string of the molecule is CN(C)CCC1(c2ccc(CN3C(=O)c4ccc(Cl)cc4C3C(N)=O)cc2)CC1. The molecule has 0 radical (unpaired) electrons. The molecule has 2 N–H and O–H groups in total. The molecule has 6 heteroatoms. The van der Waals surface area contributed by atoms with Crippen LogP contribution in [0.5, 0.6) is 0 Å². The van der Waals surface area contributed by atoms with Crippen molar-refractivity contribution in [1.29, 1.82) is 0 Å². The average molecular weight is 412 g/mol. The van der Waals surface area contributed by atoms with Crippen molar-refractivity contribution in [2.75, 3.05) is 20.6 Å². The smallest absolute Gasteiger partial charge is 0.255 e. The first-order chi connectivity index (χ1) is 13.8. The maximum atomic E-state index is 12.9. The van der Waals surface area contributed by atoms with Gasteiger partial charge < -0.3 is 15.5 Å². The zero-order valence-corrected chi connectivity index (χ0v) is 17.6. The Morgan fingerprint density at radius 2 is 1.90 bits per heavy atom. The molecule has 1 saturated carbocycles. The van der Waals surface area contributed by atoms with Crippen molar-refractivity contribution in [1.82, 2.24) is 9.80 Å². The van der Waals surface area contributed by atoms with Crippen molar-refractivity contribution in [3.05, 3.63) is 69.7 Å². The molecule has 2 aromatic rings. The largest absolute Gasteiger partial charge is 0.368 e. The fourth-order valence-corrected chi connectivity index (χ4v) is 4.48. The zero-order valence-electron chi connectivity index (χ0n) is 16.8. The number of hydrogen-bond acceptors (Lipinski definition) is 3. The lowest BCUT2D eigenvalue weighted by molar-refractivity contribution is -0.122. The molecule has 5 nitrogen and oxygen atoms in total. The quantitative estimate of drug-likeness (QED) is 0.758. The minimum Gasteiger partial charge on any atom is -0.368 e. The van der Waals surface area contributed by atoms with Crippen molar-refractivity contribution in [3.8, 4) is 0 Å². The summed E-state index contributed by atoms with van der Waals surface area (Å²) in [6, 6.07) is 12.7. The summed E-state index contributed by atoms with van der Waals surface area (Å²) in [6.45, 7) is 1.41. The van der Waals surface area contributed by atoms with Crippen molar-refractivity contribution in [3.63, 3.8) is 0 Å². The van der Waals surface area contributed by atoms with Crippen molar-refractivity contribution < 1.29 is 9.59 Å². The molecule has 2 amide bonds. The van der Waals surface area contributed by atoms with E-state index < -0.39 is 11.9 Å². The average Bonchev–Trinajstić information content (AvgIpc) is 3.42. The van der Waals surface area contributed by atoms with Gasteiger partial charge in [-0.1, -0.05) is 35.9 Å². The molecule has 1 fully saturated rings. The van der Waals surface area contributed by atoms with Crippen LogP contribution in [0.4, 0.5) is 0 Å². The molecule has 1 atom stereocenters. The fraction of sp³-hybridized carbons (Fsp3) is 0.391. The third kappa shape index (κ3) is 3.77. The maximum Gasteiger partial charge on any atom is 0.255 e. The van der Waals surface area contributed by atoms with Gasteiger partial charge in [0, 0.05) is 17.1 Å². The van der Waals surface area contributed by atoms with Gasteiger partial charge in [-0.15, -0.1) is 0 Å². The molecule has 152 valence electrons. The van der Waals surface area contributed by atoms with Gasteiger partial charge >= 0.3 is 0 Å². The third-order valence-corrected chi connectivity index (χ3v) is 6.43. The monoisotopic (exact) mass is 411 g/mol. The number of carbonyl (C=O) groups excluding carboxylic acids is 2. The van der Waals surface area contributed by atoms with Crippen LogP contribution in [0.25, 0.3) is 0 Å². The lowest BCUT2D eigenvalue weighted by Crippen LogP contribution is -2.35. The molecule has 4 rings (SSSR count). The van der Waals surface area contributed by atoms with E-state index in [1.165, 1.54) is 23.3 Å². The van der Waals surface area contributed by atoms with Gasteiger partial charge in [0.15, 0.2) is 0 Å². The van der Waals surface area contributed by atoms with E-state index in [2.05, 4.69) is 43.3 Å². The van der Waals surface area contributed by atoms with Crippen LogP contribution in [0.3, 0.4) is 0 Å². The summed E-state index contributed by atoms with van der Waals surface area (Å²) in [5, 5.41) is 0.487. The number of benzene rings is 2. The number of amides is 2. The van der Waals surface area contributed by atoms with Gasteiger partial charge in [0.2, 0.25) is 5.91 Å². The van der Waals surface area contributed by atoms with Gasteiger partial charge in [0.05, 0.1) is 0 Å². The molecular weight excluding hydrogens is 386 g/mol. The van der Waals surface area contributed by atoms with E-state index in [0.29, 0.717) is 28.1 Å². The van der Waals surface area contributed by atoms with E-state index in [1.54, 1.807) is 18.2 Å². The molecule has 1 heterocycles. The van der Waals surface area contributed by atoms with Crippen LogP contribution in [-0.4, -0.2) is 42.3 Å². The third-order valence-electron chi connectivity index (χ3n) is 6.19. The Bertz CT molecular complexity index is 951. The van der Waals surface area contributed by atoms with Gasteiger partial charge in [-0.3, -0.25) is 9.59 Å². The van der Waals surface area contributed by atoms with E-state index in [4.69, 9.17) is 17.3 Å². The molecule has 0 saturated heterocycles. The zero-order chi connectivity index (χ0) is 20.8. The minimum absolute atomic E-state index is 0.186. The molecule has 29 heavy (non-hydrogen) atoms. The number of carbonyl (C=O) groups is 2. The van der Waals surface area contributed by atoms with Crippen molar-refractivity contribution >= 4 is 23.4 Å². The van der Waals surface area contributed by atoms with E-state index in [-0.39, 0.29) is 5.91 Å². The van der Waals surface area contributed by atoms with Crippen LogP contribution in [0, 0.1) is 0 Å². The van der Waals surface area contributed by atoms with Gasteiger partial charge in [0.25, 0.3) is 5.91 Å². The number of halogens is 1. The topological polar surface area (TPSA) is 66.6 Å². The first kappa shape index (κ1) is 19.9. The number of rotatable bonds is 7. The summed E-state index contributed by atoms with van der Waals surface area (Å²) in [5.74, 6) is -0.731. The Morgan fingerprint density at radius 3 is 2.48 bits per heavy atom. The standard InChI is InChI=1S/C23H26ClN3O2/c1-26(2)12-11-23(9-10-23)16-5-3-15(4-6-16)14-27-20(21(25)28)19-13-17(24)7-8-18(19)22(27)29/h3-8,13,20H,9-12,14H2,1-2H3,(H2,25,28). The summed E-state index contributed by atoms with van der Waals surface area (Å²) in [6.07, 6.45) is 3.61. The lowest BCUT2D eigenvalue weighted by atomic mass is 9.91. The Morgan fingerprint density at radius 1 is 1.21 bits per heavy atom. The van der Waals surface area contributed by atoms with Crippen molar-refractivity contribution in [2.24, 2.45) is 5.73 Å². The summed E-state index contributed by atoms with van der Waals surface area (Å²) in [4.78, 5) is 28.8. The van der Waals surface area contributed by atoms with Gasteiger partial charge in [-0.25, -0.2) is 0 Å². The van der Waals surface area contributed by atoms with E-state index >= 15 is 0 Å². The highest BCUT2D eigenvalue weighted by molar-refractivity contribution is 6.31. The van der Waals surface area contributed by atoms with Gasteiger partial charge in [0.1, 0.15) is 6.04 Å². The second-order valence-corrected chi connectivity index (χ2v) is 8.94. The molecule has 1 unspecified atom stereocenters. The molecule has 0 bridgehead atoms. The van der Waals surface area contributed by atoms with Gasteiger partial charge in [-0.05, 0) is 80.2 Å². The van der Waals surface area contributed by atoms with Crippen LogP contribution < -0.4 is 5.73 Å². The highest BCUT2D eigenvalue weighted by Crippen LogP contribution is 2.51. The highest BCUT2D eigenvalue weighted by Gasteiger charge is 2.44. The summed E-state index contributed by atoms with van der Waals surface area (Å²) >= 11 is 6.08. The number of nitrogens with two attached hydrogens (primary N) is 1. The first-order valence-electron chi connectivity index (χ1n) is 9.95. The Labute approximate surface area is 176 Å². The van der Waals surface area contributed by atoms with E-state index in [1.807, 2.05) is 0 Å². The number of primary amides is 1. The second-order valence-electron chi connectivity index (χ2n) is 8.50. The van der Waals surface area contributed by atoms with E-state index in [9.17, 15) is 9.59 Å². The molecule has 0 spiro atoms. The maximum absolute atomic E-state index is 12.9. The van der Waals surface area contributed by atoms with Crippen LogP contribution in [0.1, 0.15) is 52.4 Å². The van der Waals surface area contributed by atoms with Crippen LogP contribution >= 0.6 is 11.6 Å².